The number of methoxy groups -OCH3 is 1. The second-order valence-corrected chi connectivity index (χ2v) is 5.04. The average Bonchev–Trinajstić information content (AvgIpc) is 2.95. The molecule has 3 nitrogen and oxygen atoms in total. The van der Waals surface area contributed by atoms with Crippen LogP contribution in [0.3, 0.4) is 0 Å². The lowest BCUT2D eigenvalue weighted by Gasteiger charge is -2.24. The van der Waals surface area contributed by atoms with Gasteiger partial charge in [-0.25, -0.2) is 0 Å². The summed E-state index contributed by atoms with van der Waals surface area (Å²) >= 11 is 0. The quantitative estimate of drug-likeness (QED) is 0.762. The van der Waals surface area contributed by atoms with Gasteiger partial charge in [-0.05, 0) is 43.7 Å². The van der Waals surface area contributed by atoms with Crippen LogP contribution in [0.15, 0.2) is 36.9 Å². The third-order valence-corrected chi connectivity index (χ3v) is 3.97. The van der Waals surface area contributed by atoms with Gasteiger partial charge in [0.15, 0.2) is 5.78 Å². The molecule has 0 amide bonds. The summed E-state index contributed by atoms with van der Waals surface area (Å²) < 4.78 is 5.17. The van der Waals surface area contributed by atoms with Crippen molar-refractivity contribution in [2.45, 2.75) is 19.4 Å². The zero-order chi connectivity index (χ0) is 13.8. The molecule has 0 N–H and O–H groups in total. The van der Waals surface area contributed by atoms with E-state index in [1.807, 2.05) is 12.1 Å². The number of benzene rings is 1. The van der Waals surface area contributed by atoms with Crippen molar-refractivity contribution >= 4 is 5.78 Å². The van der Waals surface area contributed by atoms with Crippen molar-refractivity contribution < 1.29 is 9.53 Å². The van der Waals surface area contributed by atoms with Crippen molar-refractivity contribution in [3.8, 4) is 5.75 Å². The highest BCUT2D eigenvalue weighted by Crippen LogP contribution is 2.28. The van der Waals surface area contributed by atoms with Crippen molar-refractivity contribution in [2.75, 3.05) is 20.2 Å². The van der Waals surface area contributed by atoms with E-state index in [0.717, 1.165) is 25.3 Å². The molecule has 1 aliphatic rings. The van der Waals surface area contributed by atoms with Gasteiger partial charge in [-0.3, -0.25) is 9.69 Å². The van der Waals surface area contributed by atoms with Crippen LogP contribution in [-0.2, 0) is 4.79 Å². The van der Waals surface area contributed by atoms with Gasteiger partial charge in [0.1, 0.15) is 5.75 Å². The van der Waals surface area contributed by atoms with Crippen LogP contribution in [0.25, 0.3) is 0 Å². The molecule has 2 atom stereocenters. The van der Waals surface area contributed by atoms with Crippen molar-refractivity contribution in [3.63, 3.8) is 0 Å². The van der Waals surface area contributed by atoms with Crippen LogP contribution in [0.5, 0.6) is 5.75 Å². The molecular formula is C16H21NO2. The third-order valence-electron chi connectivity index (χ3n) is 3.97. The van der Waals surface area contributed by atoms with Crippen LogP contribution in [0.2, 0.25) is 0 Å². The highest BCUT2D eigenvalue weighted by atomic mass is 16.5. The highest BCUT2D eigenvalue weighted by Gasteiger charge is 2.29. The molecule has 1 aromatic rings. The van der Waals surface area contributed by atoms with E-state index in [0.29, 0.717) is 6.04 Å². The van der Waals surface area contributed by atoms with Crippen molar-refractivity contribution in [1.82, 2.24) is 4.90 Å². The third kappa shape index (κ3) is 3.04. The molecule has 0 bridgehead atoms. The van der Waals surface area contributed by atoms with Crippen LogP contribution in [-0.4, -0.2) is 30.9 Å². The van der Waals surface area contributed by atoms with Gasteiger partial charge >= 0.3 is 0 Å². The van der Waals surface area contributed by atoms with Crippen LogP contribution < -0.4 is 4.74 Å². The smallest absolute Gasteiger partial charge is 0.159 e. The lowest BCUT2D eigenvalue weighted by molar-refractivity contribution is -0.117. The first kappa shape index (κ1) is 13.8. The molecule has 1 aliphatic heterocycles. The topological polar surface area (TPSA) is 29.5 Å². The lowest BCUT2D eigenvalue weighted by Crippen LogP contribution is -2.25. The normalized spacial score (nSPS) is 21.1. The Morgan fingerprint density at radius 1 is 1.47 bits per heavy atom. The zero-order valence-electron chi connectivity index (χ0n) is 11.6. The molecule has 0 spiro atoms. The Morgan fingerprint density at radius 2 is 2.16 bits per heavy atom. The Bertz CT molecular complexity index is 452. The van der Waals surface area contributed by atoms with Crippen LogP contribution in [0, 0.1) is 5.92 Å². The van der Waals surface area contributed by atoms with Crippen molar-refractivity contribution in [3.05, 3.63) is 42.5 Å². The molecule has 1 heterocycles. The summed E-state index contributed by atoms with van der Waals surface area (Å²) in [5.74, 6) is 1.17. The molecule has 19 heavy (non-hydrogen) atoms. The van der Waals surface area contributed by atoms with Gasteiger partial charge in [0.05, 0.1) is 7.11 Å². The molecule has 1 saturated heterocycles. The Kier molecular flexibility index (Phi) is 4.38. The summed E-state index contributed by atoms with van der Waals surface area (Å²) in [6, 6.07) is 8.47. The Morgan fingerprint density at radius 3 is 2.74 bits per heavy atom. The first-order valence-electron chi connectivity index (χ1n) is 6.70. The van der Waals surface area contributed by atoms with E-state index >= 15 is 0 Å². The number of rotatable bonds is 5. The fourth-order valence-electron chi connectivity index (χ4n) is 2.63. The van der Waals surface area contributed by atoms with Gasteiger partial charge in [0.2, 0.25) is 0 Å². The molecule has 102 valence electrons. The van der Waals surface area contributed by atoms with E-state index in [4.69, 9.17) is 4.74 Å². The molecule has 0 radical (unpaired) electrons. The monoisotopic (exact) mass is 259 g/mol. The molecule has 2 rings (SSSR count). The molecule has 0 unspecified atom stereocenters. The summed E-state index contributed by atoms with van der Waals surface area (Å²) in [6.07, 6.45) is 2.39. The number of ketones is 1. The highest BCUT2D eigenvalue weighted by molar-refractivity contribution is 5.91. The molecule has 3 heteroatoms. The van der Waals surface area contributed by atoms with E-state index in [1.54, 1.807) is 7.11 Å². The van der Waals surface area contributed by atoms with E-state index < -0.39 is 0 Å². The van der Waals surface area contributed by atoms with E-state index in [2.05, 4.69) is 30.5 Å². The number of likely N-dealkylation sites (tertiary alicyclic amines) is 1. The fraction of sp³-hybridized carbons (Fsp3) is 0.438. The Hall–Kier alpha value is -1.61. The summed E-state index contributed by atoms with van der Waals surface area (Å²) in [5.41, 5.74) is 1.26. The SMILES string of the molecule is C=CC(=O)[C@@H]1CCN([C@H](C)c2ccc(OC)cc2)C1. The minimum atomic E-state index is 0.123. The van der Waals surface area contributed by atoms with Crippen LogP contribution >= 0.6 is 0 Å². The maximum Gasteiger partial charge on any atom is 0.159 e. The van der Waals surface area contributed by atoms with Gasteiger partial charge in [0, 0.05) is 18.5 Å². The van der Waals surface area contributed by atoms with Crippen molar-refractivity contribution in [1.29, 1.82) is 0 Å². The van der Waals surface area contributed by atoms with E-state index in [-0.39, 0.29) is 11.7 Å². The van der Waals surface area contributed by atoms with E-state index in [1.165, 1.54) is 11.6 Å². The van der Waals surface area contributed by atoms with Gasteiger partial charge in [-0.15, -0.1) is 0 Å². The van der Waals surface area contributed by atoms with Gasteiger partial charge in [-0.2, -0.15) is 0 Å². The Balaban J connectivity index is 2.02. The van der Waals surface area contributed by atoms with E-state index in [9.17, 15) is 4.79 Å². The second-order valence-electron chi connectivity index (χ2n) is 5.04. The van der Waals surface area contributed by atoms with Crippen molar-refractivity contribution in [2.24, 2.45) is 5.92 Å². The number of ether oxygens (including phenoxy) is 1. The molecule has 0 aliphatic carbocycles. The average molecular weight is 259 g/mol. The van der Waals surface area contributed by atoms with Gasteiger partial charge < -0.3 is 4.74 Å². The second kappa shape index (κ2) is 6.02. The number of carbonyl (C=O) groups excluding carboxylic acids is 1. The summed E-state index contributed by atoms with van der Waals surface area (Å²) in [7, 11) is 1.67. The first-order chi connectivity index (χ1) is 9.15. The predicted octanol–water partition coefficient (Wildman–Crippen LogP) is 2.83. The molecule has 0 aromatic heterocycles. The predicted molar refractivity (Wildman–Crippen MR) is 76.3 cm³/mol. The minimum absolute atomic E-state index is 0.123. The summed E-state index contributed by atoms with van der Waals surface area (Å²) in [4.78, 5) is 14.0. The maximum absolute atomic E-state index is 11.6. The standard InChI is InChI=1S/C16H21NO2/c1-4-16(18)14-9-10-17(11-14)12(2)13-5-7-15(19-3)8-6-13/h4-8,12,14H,1,9-11H2,2-3H3/t12-,14-/m1/s1. The first-order valence-corrected chi connectivity index (χ1v) is 6.70. The van der Waals surface area contributed by atoms with Crippen LogP contribution in [0.1, 0.15) is 24.9 Å². The number of allylic oxidation sites excluding steroid dienone is 1. The Labute approximate surface area is 114 Å². The molecule has 1 aromatic carbocycles. The number of hydrogen-bond donors (Lipinski definition) is 0. The summed E-state index contributed by atoms with van der Waals surface area (Å²) in [5, 5.41) is 0. The number of nitrogens with zero attached hydrogens (tertiary/aromatic N) is 1. The fourth-order valence-corrected chi connectivity index (χ4v) is 2.63. The largest absolute Gasteiger partial charge is 0.497 e. The maximum atomic E-state index is 11.6. The van der Waals surface area contributed by atoms with Crippen LogP contribution in [0.4, 0.5) is 0 Å². The molecule has 0 saturated carbocycles. The molecular weight excluding hydrogens is 238 g/mol. The van der Waals surface area contributed by atoms with Gasteiger partial charge in [-0.1, -0.05) is 18.7 Å². The number of carbonyl (C=O) groups is 1. The number of hydrogen-bond acceptors (Lipinski definition) is 3. The lowest BCUT2D eigenvalue weighted by atomic mass is 10.0. The summed E-state index contributed by atoms with van der Waals surface area (Å²) in [6.45, 7) is 7.55. The van der Waals surface area contributed by atoms with Gasteiger partial charge in [0.25, 0.3) is 0 Å². The zero-order valence-corrected chi connectivity index (χ0v) is 11.6. The minimum Gasteiger partial charge on any atom is -0.497 e. The molecule has 1 fully saturated rings.